The van der Waals surface area contributed by atoms with Crippen LogP contribution in [-0.4, -0.2) is 25.9 Å². The number of hydrogen-bond donors (Lipinski definition) is 1. The SMILES string of the molecule is CC1=NN(c2ccc(Br)cc2)C(=O)/C1=C/c1c(O)n(-c2ccccc2)c(=S)n(-c2ccccc2)c1=O. The molecule has 9 heteroatoms. The predicted octanol–water partition coefficient (Wildman–Crippen LogP) is 5.63. The number of aromatic hydroxyl groups is 1. The van der Waals surface area contributed by atoms with E-state index in [-0.39, 0.29) is 21.8 Å². The zero-order valence-electron chi connectivity index (χ0n) is 19.0. The fourth-order valence-electron chi connectivity index (χ4n) is 3.94. The molecule has 1 amide bonds. The average Bonchev–Trinajstić information content (AvgIpc) is 3.16. The predicted molar refractivity (Wildman–Crippen MR) is 147 cm³/mol. The number of hydrazone groups is 1. The quantitative estimate of drug-likeness (QED) is 0.260. The van der Waals surface area contributed by atoms with Gasteiger partial charge in [0.1, 0.15) is 5.56 Å². The van der Waals surface area contributed by atoms with E-state index >= 15 is 0 Å². The van der Waals surface area contributed by atoms with E-state index in [9.17, 15) is 14.7 Å². The minimum Gasteiger partial charge on any atom is -0.494 e. The molecular weight excluding hydrogens is 540 g/mol. The largest absolute Gasteiger partial charge is 0.494 e. The molecular formula is C27H19BrN4O3S. The van der Waals surface area contributed by atoms with E-state index in [1.165, 1.54) is 20.2 Å². The molecule has 178 valence electrons. The van der Waals surface area contributed by atoms with Gasteiger partial charge < -0.3 is 5.11 Å². The van der Waals surface area contributed by atoms with E-state index in [1.807, 2.05) is 24.3 Å². The van der Waals surface area contributed by atoms with Crippen molar-refractivity contribution in [2.45, 2.75) is 6.92 Å². The molecule has 36 heavy (non-hydrogen) atoms. The lowest BCUT2D eigenvalue weighted by atomic mass is 10.1. The summed E-state index contributed by atoms with van der Waals surface area (Å²) in [6.07, 6.45) is 1.38. The van der Waals surface area contributed by atoms with Crippen molar-refractivity contribution in [1.82, 2.24) is 9.13 Å². The van der Waals surface area contributed by atoms with Gasteiger partial charge in [-0.25, -0.2) is 0 Å². The standard InChI is InChI=1S/C27H19BrN4O3S/c1-17-22(26(35)32(29-17)21-14-12-18(28)13-15-21)16-23-24(33)30(19-8-4-2-5-9-19)27(36)31(25(23)34)20-10-6-3-7-11-20/h2-16,33H,1H3/b22-16+. The normalized spacial score (nSPS) is 14.4. The minimum absolute atomic E-state index is 0.0770. The lowest BCUT2D eigenvalue weighted by molar-refractivity contribution is -0.114. The Labute approximate surface area is 220 Å². The summed E-state index contributed by atoms with van der Waals surface area (Å²) in [6.45, 7) is 1.68. The molecule has 1 aliphatic rings. The minimum atomic E-state index is -0.550. The van der Waals surface area contributed by atoms with Crippen LogP contribution in [0.5, 0.6) is 5.88 Å². The molecule has 0 fully saturated rings. The van der Waals surface area contributed by atoms with Crippen molar-refractivity contribution in [3.63, 3.8) is 0 Å². The smallest absolute Gasteiger partial charge is 0.280 e. The highest BCUT2D eigenvalue weighted by Gasteiger charge is 2.30. The van der Waals surface area contributed by atoms with Crippen LogP contribution in [0.2, 0.25) is 0 Å². The molecule has 3 aromatic carbocycles. The zero-order chi connectivity index (χ0) is 25.4. The summed E-state index contributed by atoms with van der Waals surface area (Å²) in [5, 5.41) is 16.9. The van der Waals surface area contributed by atoms with Gasteiger partial charge in [-0.2, -0.15) is 10.1 Å². The van der Waals surface area contributed by atoms with E-state index < -0.39 is 11.5 Å². The number of rotatable bonds is 4. The third-order valence-corrected chi connectivity index (χ3v) is 6.61. The Morgan fingerprint density at radius 1 is 0.833 bits per heavy atom. The molecule has 4 aromatic rings. The van der Waals surface area contributed by atoms with Crippen LogP contribution in [0.3, 0.4) is 0 Å². The highest BCUT2D eigenvalue weighted by atomic mass is 79.9. The lowest BCUT2D eigenvalue weighted by Crippen LogP contribution is -2.26. The molecule has 0 unspecified atom stereocenters. The lowest BCUT2D eigenvalue weighted by Gasteiger charge is -2.17. The number of anilines is 1. The van der Waals surface area contributed by atoms with Crippen LogP contribution in [0, 0.1) is 4.77 Å². The van der Waals surface area contributed by atoms with E-state index in [2.05, 4.69) is 21.0 Å². The molecule has 0 saturated carbocycles. The summed E-state index contributed by atoms with van der Waals surface area (Å²) in [5.74, 6) is -0.771. The summed E-state index contributed by atoms with van der Waals surface area (Å²) >= 11 is 9.04. The number of hydrogen-bond acceptors (Lipinski definition) is 5. The molecule has 0 atom stereocenters. The van der Waals surface area contributed by atoms with Gasteiger partial charge in [0.05, 0.1) is 28.3 Å². The van der Waals surface area contributed by atoms with Crippen LogP contribution in [0.4, 0.5) is 5.69 Å². The van der Waals surface area contributed by atoms with Crippen LogP contribution in [0.15, 0.2) is 105 Å². The van der Waals surface area contributed by atoms with E-state index in [0.717, 1.165) is 4.47 Å². The van der Waals surface area contributed by atoms with Crippen LogP contribution in [-0.2, 0) is 4.79 Å². The third kappa shape index (κ3) is 4.12. The molecule has 0 aliphatic carbocycles. The number of carbonyl (C=O) groups excluding carboxylic acids is 1. The number of benzene rings is 3. The maximum atomic E-state index is 13.7. The third-order valence-electron chi connectivity index (χ3n) is 5.72. The first-order valence-electron chi connectivity index (χ1n) is 11.0. The maximum absolute atomic E-state index is 13.7. The first kappa shape index (κ1) is 23.7. The second-order valence-corrected chi connectivity index (χ2v) is 9.28. The molecule has 1 aromatic heterocycles. The van der Waals surface area contributed by atoms with Gasteiger partial charge in [0.2, 0.25) is 5.88 Å². The van der Waals surface area contributed by atoms with Crippen LogP contribution >= 0.6 is 28.1 Å². The van der Waals surface area contributed by atoms with Gasteiger partial charge in [0.15, 0.2) is 4.77 Å². The molecule has 1 aliphatic heterocycles. The van der Waals surface area contributed by atoms with Gasteiger partial charge in [0.25, 0.3) is 11.5 Å². The monoisotopic (exact) mass is 558 g/mol. The number of halogens is 1. The Balaban J connectivity index is 1.73. The van der Waals surface area contributed by atoms with Crippen molar-refractivity contribution in [1.29, 1.82) is 0 Å². The summed E-state index contributed by atoms with van der Waals surface area (Å²) in [4.78, 5) is 27.0. The highest BCUT2D eigenvalue weighted by Crippen LogP contribution is 2.29. The highest BCUT2D eigenvalue weighted by molar-refractivity contribution is 9.10. The summed E-state index contributed by atoms with van der Waals surface area (Å²) in [5.41, 5.74) is 1.68. The molecule has 2 heterocycles. The fraction of sp³-hybridized carbons (Fsp3) is 0.0370. The Kier molecular flexibility index (Phi) is 6.26. The van der Waals surface area contributed by atoms with Crippen LogP contribution in [0.25, 0.3) is 17.5 Å². The van der Waals surface area contributed by atoms with Crippen molar-refractivity contribution < 1.29 is 9.90 Å². The molecule has 7 nitrogen and oxygen atoms in total. The first-order chi connectivity index (χ1) is 17.4. The topological polar surface area (TPSA) is 79.8 Å². The fourth-order valence-corrected chi connectivity index (χ4v) is 4.59. The summed E-state index contributed by atoms with van der Waals surface area (Å²) in [7, 11) is 0. The Morgan fingerprint density at radius 2 is 1.39 bits per heavy atom. The van der Waals surface area contributed by atoms with Gasteiger partial charge in [-0.15, -0.1) is 0 Å². The van der Waals surface area contributed by atoms with E-state index in [4.69, 9.17) is 12.2 Å². The number of nitrogens with zero attached hydrogens (tertiary/aromatic N) is 4. The van der Waals surface area contributed by atoms with Crippen molar-refractivity contribution in [2.75, 3.05) is 5.01 Å². The summed E-state index contributed by atoms with van der Waals surface area (Å²) < 4.78 is 3.72. The molecule has 0 saturated heterocycles. The molecule has 1 N–H and O–H groups in total. The first-order valence-corrected chi connectivity index (χ1v) is 12.2. The van der Waals surface area contributed by atoms with Crippen LogP contribution < -0.4 is 10.6 Å². The van der Waals surface area contributed by atoms with Crippen molar-refractivity contribution in [2.24, 2.45) is 5.10 Å². The van der Waals surface area contributed by atoms with Gasteiger partial charge in [-0.3, -0.25) is 18.7 Å². The van der Waals surface area contributed by atoms with Crippen molar-refractivity contribution in [3.8, 4) is 17.3 Å². The Hall–Kier alpha value is -4.08. The second-order valence-electron chi connectivity index (χ2n) is 8.00. The number of para-hydroxylation sites is 2. The van der Waals surface area contributed by atoms with E-state index in [1.54, 1.807) is 67.6 Å². The number of amides is 1. The summed E-state index contributed by atoms with van der Waals surface area (Å²) in [6, 6.07) is 25.1. The molecule has 0 spiro atoms. The van der Waals surface area contributed by atoms with Crippen LogP contribution in [0.1, 0.15) is 12.5 Å². The second kappa shape index (κ2) is 9.52. The molecule has 0 radical (unpaired) electrons. The van der Waals surface area contributed by atoms with Crippen molar-refractivity contribution >= 4 is 51.5 Å². The van der Waals surface area contributed by atoms with Gasteiger partial charge in [0, 0.05) is 4.47 Å². The molecule has 5 rings (SSSR count). The number of aromatic nitrogens is 2. The Morgan fingerprint density at radius 3 is 1.97 bits per heavy atom. The van der Waals surface area contributed by atoms with Gasteiger partial charge >= 0.3 is 0 Å². The average molecular weight is 559 g/mol. The maximum Gasteiger partial charge on any atom is 0.280 e. The number of carbonyl (C=O) groups is 1. The van der Waals surface area contributed by atoms with E-state index in [0.29, 0.717) is 22.8 Å². The zero-order valence-corrected chi connectivity index (χ0v) is 21.4. The van der Waals surface area contributed by atoms with Crippen molar-refractivity contribution in [3.05, 3.63) is 116 Å². The Bertz CT molecular complexity index is 1660. The van der Waals surface area contributed by atoms with Gasteiger partial charge in [-0.1, -0.05) is 52.3 Å². The molecule has 0 bridgehead atoms. The van der Waals surface area contributed by atoms with Gasteiger partial charge in [-0.05, 0) is 73.7 Å².